The van der Waals surface area contributed by atoms with E-state index in [9.17, 15) is 9.18 Å². The molecule has 2 saturated heterocycles. The predicted octanol–water partition coefficient (Wildman–Crippen LogP) is 2.31. The topological polar surface area (TPSA) is 49.3 Å². The van der Waals surface area contributed by atoms with Crippen molar-refractivity contribution in [3.63, 3.8) is 0 Å². The van der Waals surface area contributed by atoms with Crippen molar-refractivity contribution in [2.75, 3.05) is 36.0 Å². The monoisotopic (exact) mass is 346 g/mol. The number of halogens is 1. The van der Waals surface area contributed by atoms with Gasteiger partial charge < -0.3 is 9.80 Å². The van der Waals surface area contributed by atoms with E-state index in [0.29, 0.717) is 16.7 Å². The van der Waals surface area contributed by atoms with Crippen LogP contribution in [0.3, 0.4) is 0 Å². The van der Waals surface area contributed by atoms with Crippen molar-refractivity contribution >= 4 is 34.4 Å². The number of hydrogen-bond acceptors (Lipinski definition) is 5. The highest BCUT2D eigenvalue weighted by Crippen LogP contribution is 2.31. The molecule has 5 nitrogen and oxygen atoms in total. The highest BCUT2D eigenvalue weighted by Gasteiger charge is 2.35. The van der Waals surface area contributed by atoms with Gasteiger partial charge in [0, 0.05) is 36.5 Å². The summed E-state index contributed by atoms with van der Waals surface area (Å²) < 4.78 is 14.0. The molecule has 0 aliphatic carbocycles. The van der Waals surface area contributed by atoms with Gasteiger partial charge in [-0.1, -0.05) is 6.07 Å². The Morgan fingerprint density at radius 2 is 2.04 bits per heavy atom. The summed E-state index contributed by atoms with van der Waals surface area (Å²) in [5.41, 5.74) is 0.315. The van der Waals surface area contributed by atoms with Crippen LogP contribution in [0.25, 0.3) is 10.9 Å². The number of hydrogen-bond donors (Lipinski definition) is 0. The van der Waals surface area contributed by atoms with Crippen LogP contribution in [-0.2, 0) is 4.79 Å². The van der Waals surface area contributed by atoms with Crippen LogP contribution in [0.15, 0.2) is 24.5 Å². The van der Waals surface area contributed by atoms with Crippen LogP contribution in [-0.4, -0.2) is 58.0 Å². The van der Waals surface area contributed by atoms with Gasteiger partial charge in [0.2, 0.25) is 5.91 Å². The summed E-state index contributed by atoms with van der Waals surface area (Å²) in [4.78, 5) is 25.4. The van der Waals surface area contributed by atoms with Gasteiger partial charge in [-0.25, -0.2) is 14.4 Å². The number of carbonyl (C=O) groups excluding carboxylic acids is 1. The summed E-state index contributed by atoms with van der Waals surface area (Å²) in [5, 5.41) is 0.673. The normalized spacial score (nSPS) is 21.5. The maximum absolute atomic E-state index is 14.0. The molecule has 2 fully saturated rings. The fraction of sp³-hybridized carbons (Fsp3) is 0.471. The van der Waals surface area contributed by atoms with E-state index >= 15 is 0 Å². The fourth-order valence-corrected chi connectivity index (χ4v) is 4.44. The number of aromatic nitrogens is 2. The molecule has 24 heavy (non-hydrogen) atoms. The molecule has 1 aromatic carbocycles. The maximum atomic E-state index is 14.0. The molecule has 1 atom stereocenters. The Bertz CT molecular complexity index is 765. The SMILES string of the molecule is O=C(C1CCCN1c1ncnc2c(F)cccc12)N1CCSCC1. The average Bonchev–Trinajstić information content (AvgIpc) is 3.11. The Morgan fingerprint density at radius 1 is 1.21 bits per heavy atom. The van der Waals surface area contributed by atoms with E-state index < -0.39 is 0 Å². The summed E-state index contributed by atoms with van der Waals surface area (Å²) in [7, 11) is 0. The molecule has 0 N–H and O–H groups in total. The van der Waals surface area contributed by atoms with Gasteiger partial charge in [-0.15, -0.1) is 0 Å². The molecule has 0 saturated carbocycles. The molecule has 0 spiro atoms. The zero-order chi connectivity index (χ0) is 16.5. The highest BCUT2D eigenvalue weighted by atomic mass is 32.2. The van der Waals surface area contributed by atoms with Crippen LogP contribution < -0.4 is 4.90 Å². The van der Waals surface area contributed by atoms with E-state index in [1.54, 1.807) is 6.07 Å². The largest absolute Gasteiger partial charge is 0.344 e. The van der Waals surface area contributed by atoms with E-state index in [4.69, 9.17) is 0 Å². The summed E-state index contributed by atoms with van der Waals surface area (Å²) in [6.07, 6.45) is 3.15. The molecule has 126 valence electrons. The van der Waals surface area contributed by atoms with Crippen LogP contribution in [0, 0.1) is 5.82 Å². The first-order chi connectivity index (χ1) is 11.8. The minimum atomic E-state index is -0.355. The quantitative estimate of drug-likeness (QED) is 0.835. The lowest BCUT2D eigenvalue weighted by molar-refractivity contribution is -0.132. The van der Waals surface area contributed by atoms with Crippen molar-refractivity contribution in [1.82, 2.24) is 14.9 Å². The Balaban J connectivity index is 1.68. The minimum Gasteiger partial charge on any atom is -0.344 e. The number of rotatable bonds is 2. The number of fused-ring (bicyclic) bond motifs is 1. The molecule has 1 amide bonds. The second kappa shape index (κ2) is 6.55. The molecule has 2 aliphatic rings. The van der Waals surface area contributed by atoms with Gasteiger partial charge >= 0.3 is 0 Å². The number of anilines is 1. The predicted molar refractivity (Wildman–Crippen MR) is 93.8 cm³/mol. The van der Waals surface area contributed by atoms with Crippen molar-refractivity contribution in [3.05, 3.63) is 30.3 Å². The third-order valence-electron chi connectivity index (χ3n) is 4.73. The van der Waals surface area contributed by atoms with E-state index in [0.717, 1.165) is 44.0 Å². The summed E-state index contributed by atoms with van der Waals surface area (Å²) in [5.74, 6) is 2.49. The molecule has 0 bridgehead atoms. The van der Waals surface area contributed by atoms with Gasteiger partial charge in [0.1, 0.15) is 29.5 Å². The molecule has 1 aromatic heterocycles. The first-order valence-corrected chi connectivity index (χ1v) is 9.43. The van der Waals surface area contributed by atoms with Gasteiger partial charge in [-0.05, 0) is 25.0 Å². The number of benzene rings is 1. The van der Waals surface area contributed by atoms with E-state index in [-0.39, 0.29) is 17.8 Å². The summed E-state index contributed by atoms with van der Waals surface area (Å²) >= 11 is 1.89. The highest BCUT2D eigenvalue weighted by molar-refractivity contribution is 7.99. The lowest BCUT2D eigenvalue weighted by Gasteiger charge is -2.33. The lowest BCUT2D eigenvalue weighted by atomic mass is 10.1. The minimum absolute atomic E-state index is 0.177. The summed E-state index contributed by atoms with van der Waals surface area (Å²) in [6.45, 7) is 2.39. The molecule has 0 radical (unpaired) electrons. The molecule has 4 rings (SSSR count). The van der Waals surface area contributed by atoms with Crippen molar-refractivity contribution in [3.8, 4) is 0 Å². The fourth-order valence-electron chi connectivity index (χ4n) is 3.54. The number of nitrogens with zero attached hydrogens (tertiary/aromatic N) is 4. The zero-order valence-electron chi connectivity index (χ0n) is 13.3. The Hall–Kier alpha value is -1.89. The molecule has 2 aromatic rings. The van der Waals surface area contributed by atoms with Gasteiger partial charge in [0.25, 0.3) is 0 Å². The Morgan fingerprint density at radius 3 is 2.88 bits per heavy atom. The van der Waals surface area contributed by atoms with Crippen molar-refractivity contribution in [2.45, 2.75) is 18.9 Å². The second-order valence-electron chi connectivity index (χ2n) is 6.12. The molecule has 2 aliphatic heterocycles. The molecule has 1 unspecified atom stereocenters. The summed E-state index contributed by atoms with van der Waals surface area (Å²) in [6, 6.07) is 4.69. The third kappa shape index (κ3) is 2.70. The van der Waals surface area contributed by atoms with E-state index in [1.165, 1.54) is 12.4 Å². The molecule has 3 heterocycles. The first-order valence-electron chi connectivity index (χ1n) is 8.28. The van der Waals surface area contributed by atoms with Crippen LogP contribution in [0.4, 0.5) is 10.2 Å². The van der Waals surface area contributed by atoms with Crippen molar-refractivity contribution in [2.24, 2.45) is 0 Å². The van der Waals surface area contributed by atoms with Crippen molar-refractivity contribution < 1.29 is 9.18 Å². The van der Waals surface area contributed by atoms with E-state index in [1.807, 2.05) is 27.6 Å². The van der Waals surface area contributed by atoms with Gasteiger partial charge in [-0.3, -0.25) is 4.79 Å². The van der Waals surface area contributed by atoms with Crippen LogP contribution in [0.1, 0.15) is 12.8 Å². The Labute approximate surface area is 144 Å². The average molecular weight is 346 g/mol. The maximum Gasteiger partial charge on any atom is 0.245 e. The van der Waals surface area contributed by atoms with E-state index in [2.05, 4.69) is 9.97 Å². The number of amides is 1. The lowest BCUT2D eigenvalue weighted by Crippen LogP contribution is -2.48. The molecular formula is C17H19FN4OS. The molecule has 7 heteroatoms. The first kappa shape index (κ1) is 15.6. The smallest absolute Gasteiger partial charge is 0.245 e. The van der Waals surface area contributed by atoms with Crippen LogP contribution >= 0.6 is 11.8 Å². The van der Waals surface area contributed by atoms with Gasteiger partial charge in [0.15, 0.2) is 0 Å². The van der Waals surface area contributed by atoms with Crippen LogP contribution in [0.5, 0.6) is 0 Å². The molecular weight excluding hydrogens is 327 g/mol. The number of thioether (sulfide) groups is 1. The third-order valence-corrected chi connectivity index (χ3v) is 5.67. The van der Waals surface area contributed by atoms with Crippen LogP contribution in [0.2, 0.25) is 0 Å². The zero-order valence-corrected chi connectivity index (χ0v) is 14.1. The number of carbonyl (C=O) groups is 1. The van der Waals surface area contributed by atoms with Crippen molar-refractivity contribution in [1.29, 1.82) is 0 Å². The Kier molecular flexibility index (Phi) is 4.26. The van der Waals surface area contributed by atoms with Gasteiger partial charge in [0.05, 0.1) is 0 Å². The van der Waals surface area contributed by atoms with Gasteiger partial charge in [-0.2, -0.15) is 11.8 Å². The number of para-hydroxylation sites is 1. The second-order valence-corrected chi connectivity index (χ2v) is 7.35. The standard InChI is InChI=1S/C17H19FN4OS/c18-13-4-1-3-12-15(13)19-11-20-16(12)22-6-2-5-14(22)17(23)21-7-9-24-10-8-21/h1,3-4,11,14H,2,5-10H2.